The smallest absolute Gasteiger partial charge is 0.337 e. The Morgan fingerprint density at radius 1 is 0.971 bits per heavy atom. The van der Waals surface area contributed by atoms with Crippen molar-refractivity contribution >= 4 is 40.6 Å². The molecule has 0 amide bonds. The van der Waals surface area contributed by atoms with E-state index in [-0.39, 0.29) is 11.0 Å². The molecule has 0 saturated carbocycles. The maximum Gasteiger partial charge on any atom is 0.337 e. The Balaban J connectivity index is 1.83. The monoisotopic (exact) mass is 472 g/mol. The van der Waals surface area contributed by atoms with Crippen LogP contribution in [-0.4, -0.2) is 22.6 Å². The molecule has 4 rings (SSSR count). The Bertz CT molecular complexity index is 1440. The predicted octanol–water partition coefficient (Wildman–Crippen LogP) is 6.29. The van der Waals surface area contributed by atoms with Gasteiger partial charge in [-0.05, 0) is 65.1 Å². The van der Waals surface area contributed by atoms with E-state index in [1.807, 2.05) is 24.3 Å². The normalized spacial score (nSPS) is 11.8. The number of methoxy groups -OCH3 is 1. The fourth-order valence-electron chi connectivity index (χ4n) is 3.67. The molecule has 1 heterocycles. The average Bonchev–Trinajstić information content (AvgIpc) is 2.82. The summed E-state index contributed by atoms with van der Waals surface area (Å²) in [4.78, 5) is 30.0. The van der Waals surface area contributed by atoms with Crippen LogP contribution in [0.25, 0.3) is 28.7 Å². The van der Waals surface area contributed by atoms with Crippen molar-refractivity contribution in [3.63, 3.8) is 0 Å². The number of benzene rings is 3. The molecule has 0 aliphatic rings. The predicted molar refractivity (Wildman–Crippen MR) is 138 cm³/mol. The molecule has 0 unspecified atom stereocenters. The minimum Gasteiger partial charge on any atom is -0.465 e. The zero-order valence-corrected chi connectivity index (χ0v) is 20.3. The molecule has 0 radical (unpaired) electrons. The number of hydrogen-bond donors (Lipinski definition) is 0. The standard InChI is InChI=1S/C28H25ClN2O3/c1-28(2,3)20-10-5-18(6-11-20)7-16-25-30-24-17-21(29)12-15-23(24)26(32)31(25)22-13-8-19(9-14-22)27(33)34-4/h5-17H,1-4H3/b16-7+. The lowest BCUT2D eigenvalue weighted by molar-refractivity contribution is 0.0600. The van der Waals surface area contributed by atoms with E-state index in [4.69, 9.17) is 21.3 Å². The minimum atomic E-state index is -0.441. The molecule has 1 aromatic heterocycles. The van der Waals surface area contributed by atoms with Gasteiger partial charge in [0.05, 0.1) is 29.3 Å². The molecule has 3 aromatic carbocycles. The highest BCUT2D eigenvalue weighted by Crippen LogP contribution is 2.23. The number of hydrogen-bond acceptors (Lipinski definition) is 4. The Kier molecular flexibility index (Phi) is 6.40. The summed E-state index contributed by atoms with van der Waals surface area (Å²) >= 11 is 6.15. The van der Waals surface area contributed by atoms with E-state index in [0.717, 1.165) is 5.56 Å². The molecule has 0 aliphatic carbocycles. The first kappa shape index (κ1) is 23.5. The van der Waals surface area contributed by atoms with E-state index in [2.05, 4.69) is 32.9 Å². The summed E-state index contributed by atoms with van der Waals surface area (Å²) in [6, 6.07) is 20.0. The number of halogens is 1. The highest BCUT2D eigenvalue weighted by atomic mass is 35.5. The molecule has 172 valence electrons. The molecular formula is C28H25ClN2O3. The van der Waals surface area contributed by atoms with Gasteiger partial charge in [0.2, 0.25) is 0 Å². The molecular weight excluding hydrogens is 448 g/mol. The Morgan fingerprint density at radius 3 is 2.26 bits per heavy atom. The number of aromatic nitrogens is 2. The van der Waals surface area contributed by atoms with Crippen molar-refractivity contribution in [2.75, 3.05) is 7.11 Å². The van der Waals surface area contributed by atoms with Crippen molar-refractivity contribution in [2.45, 2.75) is 26.2 Å². The first-order valence-corrected chi connectivity index (χ1v) is 11.2. The summed E-state index contributed by atoms with van der Waals surface area (Å²) in [5.41, 5.74) is 3.57. The first-order chi connectivity index (χ1) is 16.2. The van der Waals surface area contributed by atoms with Gasteiger partial charge in [0, 0.05) is 5.02 Å². The van der Waals surface area contributed by atoms with Crippen LogP contribution < -0.4 is 5.56 Å². The van der Waals surface area contributed by atoms with Gasteiger partial charge in [0.25, 0.3) is 5.56 Å². The van der Waals surface area contributed by atoms with E-state index in [0.29, 0.717) is 33.0 Å². The van der Waals surface area contributed by atoms with Crippen LogP contribution in [0, 0.1) is 0 Å². The quantitative estimate of drug-likeness (QED) is 0.327. The second-order valence-electron chi connectivity index (χ2n) is 9.02. The fraction of sp³-hybridized carbons (Fsp3) is 0.179. The molecule has 0 spiro atoms. The van der Waals surface area contributed by atoms with E-state index >= 15 is 0 Å². The number of rotatable bonds is 4. The molecule has 0 aliphatic heterocycles. The van der Waals surface area contributed by atoms with Gasteiger partial charge in [-0.1, -0.05) is 62.7 Å². The lowest BCUT2D eigenvalue weighted by Crippen LogP contribution is -2.22. The fourth-order valence-corrected chi connectivity index (χ4v) is 3.83. The maximum atomic E-state index is 13.5. The highest BCUT2D eigenvalue weighted by molar-refractivity contribution is 6.31. The third kappa shape index (κ3) is 4.80. The topological polar surface area (TPSA) is 61.2 Å². The molecule has 0 atom stereocenters. The molecule has 6 heteroatoms. The molecule has 5 nitrogen and oxygen atoms in total. The van der Waals surface area contributed by atoms with Crippen molar-refractivity contribution in [2.24, 2.45) is 0 Å². The van der Waals surface area contributed by atoms with E-state index < -0.39 is 5.97 Å². The maximum absolute atomic E-state index is 13.5. The van der Waals surface area contributed by atoms with Gasteiger partial charge in [0.1, 0.15) is 5.82 Å². The van der Waals surface area contributed by atoms with Crippen LogP contribution >= 0.6 is 11.6 Å². The zero-order chi connectivity index (χ0) is 24.5. The Labute approximate surface area is 203 Å². The van der Waals surface area contributed by atoms with E-state index in [1.165, 1.54) is 17.2 Å². The summed E-state index contributed by atoms with van der Waals surface area (Å²) in [5.74, 6) is 0.00878. The third-order valence-electron chi connectivity index (χ3n) is 5.61. The van der Waals surface area contributed by atoms with Crippen LogP contribution in [0.15, 0.2) is 71.5 Å². The second-order valence-corrected chi connectivity index (χ2v) is 9.45. The average molecular weight is 473 g/mol. The van der Waals surface area contributed by atoms with Crippen LogP contribution in [0.4, 0.5) is 0 Å². The molecule has 0 saturated heterocycles. The van der Waals surface area contributed by atoms with Crippen molar-refractivity contribution in [1.29, 1.82) is 0 Å². The van der Waals surface area contributed by atoms with Crippen LogP contribution in [0.1, 0.15) is 48.1 Å². The van der Waals surface area contributed by atoms with Crippen molar-refractivity contribution in [3.8, 4) is 5.69 Å². The highest BCUT2D eigenvalue weighted by Gasteiger charge is 2.14. The minimum absolute atomic E-state index is 0.0677. The lowest BCUT2D eigenvalue weighted by Gasteiger charge is -2.18. The third-order valence-corrected chi connectivity index (χ3v) is 5.84. The molecule has 4 aromatic rings. The number of fused-ring (bicyclic) bond motifs is 1. The number of esters is 1. The second kappa shape index (κ2) is 9.27. The van der Waals surface area contributed by atoms with Gasteiger partial charge < -0.3 is 4.74 Å². The van der Waals surface area contributed by atoms with Gasteiger partial charge >= 0.3 is 5.97 Å². The molecule has 0 fully saturated rings. The number of carbonyl (C=O) groups is 1. The number of carbonyl (C=O) groups excluding carboxylic acids is 1. The van der Waals surface area contributed by atoms with Gasteiger partial charge in [0.15, 0.2) is 0 Å². The van der Waals surface area contributed by atoms with Crippen LogP contribution in [0.2, 0.25) is 5.02 Å². The summed E-state index contributed by atoms with van der Waals surface area (Å²) < 4.78 is 6.30. The van der Waals surface area contributed by atoms with Crippen LogP contribution in [-0.2, 0) is 10.2 Å². The summed E-state index contributed by atoms with van der Waals surface area (Å²) in [6.07, 6.45) is 3.73. The summed E-state index contributed by atoms with van der Waals surface area (Å²) in [6.45, 7) is 6.52. The van der Waals surface area contributed by atoms with Crippen molar-refractivity contribution in [1.82, 2.24) is 9.55 Å². The van der Waals surface area contributed by atoms with Gasteiger partial charge in [-0.2, -0.15) is 0 Å². The molecule has 0 N–H and O–H groups in total. The summed E-state index contributed by atoms with van der Waals surface area (Å²) in [5, 5.41) is 0.959. The Morgan fingerprint density at radius 2 is 1.65 bits per heavy atom. The SMILES string of the molecule is COC(=O)c1ccc(-n2c(/C=C/c3ccc(C(C)(C)C)cc3)nc3cc(Cl)ccc3c2=O)cc1. The summed E-state index contributed by atoms with van der Waals surface area (Å²) in [7, 11) is 1.33. The lowest BCUT2D eigenvalue weighted by atomic mass is 9.87. The van der Waals surface area contributed by atoms with Crippen molar-refractivity contribution in [3.05, 3.63) is 105 Å². The zero-order valence-electron chi connectivity index (χ0n) is 19.5. The Hall–Kier alpha value is -3.70. The van der Waals surface area contributed by atoms with E-state index in [9.17, 15) is 9.59 Å². The largest absolute Gasteiger partial charge is 0.465 e. The number of ether oxygens (including phenoxy) is 1. The van der Waals surface area contributed by atoms with E-state index in [1.54, 1.807) is 42.5 Å². The molecule has 0 bridgehead atoms. The van der Waals surface area contributed by atoms with Crippen molar-refractivity contribution < 1.29 is 9.53 Å². The first-order valence-electron chi connectivity index (χ1n) is 10.9. The van der Waals surface area contributed by atoms with Gasteiger partial charge in [-0.3, -0.25) is 9.36 Å². The van der Waals surface area contributed by atoms with Crippen LogP contribution in [0.5, 0.6) is 0 Å². The molecule has 34 heavy (non-hydrogen) atoms. The number of nitrogens with zero attached hydrogens (tertiary/aromatic N) is 2. The van der Waals surface area contributed by atoms with Gasteiger partial charge in [-0.15, -0.1) is 0 Å². The van der Waals surface area contributed by atoms with Gasteiger partial charge in [-0.25, -0.2) is 9.78 Å². The van der Waals surface area contributed by atoms with Crippen LogP contribution in [0.3, 0.4) is 0 Å².